The van der Waals surface area contributed by atoms with Gasteiger partial charge in [0.25, 0.3) is 0 Å². The topological polar surface area (TPSA) is 47.6 Å². The van der Waals surface area contributed by atoms with E-state index in [1.807, 2.05) is 26.0 Å². The normalized spacial score (nSPS) is 11.4. The Morgan fingerprint density at radius 2 is 1.60 bits per heavy atom. The summed E-state index contributed by atoms with van der Waals surface area (Å²) in [4.78, 5) is 0. The van der Waals surface area contributed by atoms with Crippen LogP contribution in [-0.2, 0) is 0 Å². The van der Waals surface area contributed by atoms with E-state index in [0.717, 1.165) is 22.3 Å². The van der Waals surface area contributed by atoms with Crippen LogP contribution in [0.2, 0.25) is 0 Å². The Morgan fingerprint density at radius 3 is 2.15 bits per heavy atom. The van der Waals surface area contributed by atoms with Gasteiger partial charge in [0, 0.05) is 0 Å². The van der Waals surface area contributed by atoms with E-state index < -0.39 is 0 Å². The largest absolute Gasteiger partial charge is 0.197 e. The zero-order chi connectivity index (χ0) is 14.7. The highest BCUT2D eigenvalue weighted by Crippen LogP contribution is 2.30. The Balaban J connectivity index is 2.60. The molecule has 0 amide bonds. The van der Waals surface area contributed by atoms with Crippen molar-refractivity contribution in [3.63, 3.8) is 0 Å². The molecule has 2 aromatic carbocycles. The minimum atomic E-state index is -0.330. The van der Waals surface area contributed by atoms with Crippen LogP contribution in [-0.4, -0.2) is 0 Å². The van der Waals surface area contributed by atoms with Gasteiger partial charge in [0.1, 0.15) is 0 Å². The van der Waals surface area contributed by atoms with E-state index in [0.29, 0.717) is 5.56 Å². The highest BCUT2D eigenvalue weighted by Gasteiger charge is 2.18. The summed E-state index contributed by atoms with van der Waals surface area (Å²) in [5.41, 5.74) is 5.96. The van der Waals surface area contributed by atoms with Gasteiger partial charge in [-0.15, -0.1) is 0 Å². The maximum absolute atomic E-state index is 9.58. The first-order chi connectivity index (χ1) is 9.56. The number of hydrogen-bond donors (Lipinski definition) is 0. The molecule has 0 radical (unpaired) electrons. The first kappa shape index (κ1) is 13.8. The third kappa shape index (κ3) is 2.56. The summed E-state index contributed by atoms with van der Waals surface area (Å²) < 4.78 is 0. The number of hydrogen-bond acceptors (Lipinski definition) is 2. The van der Waals surface area contributed by atoms with Gasteiger partial charge in [-0.25, -0.2) is 0 Å². The zero-order valence-corrected chi connectivity index (χ0v) is 11.9. The summed E-state index contributed by atoms with van der Waals surface area (Å²) in [5.74, 6) is -0.330. The molecule has 0 aliphatic carbocycles. The summed E-state index contributed by atoms with van der Waals surface area (Å²) in [5, 5.41) is 18.6. The van der Waals surface area contributed by atoms with Gasteiger partial charge >= 0.3 is 0 Å². The molecule has 0 saturated carbocycles. The molecule has 1 atom stereocenters. The molecule has 2 nitrogen and oxygen atoms in total. The lowest BCUT2D eigenvalue weighted by molar-refractivity contribution is 0.995. The highest BCUT2D eigenvalue weighted by atomic mass is 14.3. The SMILES string of the molecule is Cc1cc(C)c(C(C#N)c2cccc(C#N)c2)c(C)c1. The number of nitrogens with zero attached hydrogens (tertiary/aromatic N) is 2. The second-order valence-electron chi connectivity index (χ2n) is 5.11. The summed E-state index contributed by atoms with van der Waals surface area (Å²) in [6, 6.07) is 16.0. The van der Waals surface area contributed by atoms with Crippen LogP contribution in [0, 0.1) is 43.4 Å². The van der Waals surface area contributed by atoms with Crippen molar-refractivity contribution in [3.05, 3.63) is 69.8 Å². The number of aryl methyl sites for hydroxylation is 3. The fourth-order valence-electron chi connectivity index (χ4n) is 2.74. The fourth-order valence-corrected chi connectivity index (χ4v) is 2.74. The Hall–Kier alpha value is -2.58. The van der Waals surface area contributed by atoms with Crippen molar-refractivity contribution in [1.82, 2.24) is 0 Å². The Bertz CT molecular complexity index is 707. The van der Waals surface area contributed by atoms with Gasteiger partial charge in [0.15, 0.2) is 0 Å². The molecule has 0 aliphatic heterocycles. The van der Waals surface area contributed by atoms with E-state index in [4.69, 9.17) is 5.26 Å². The van der Waals surface area contributed by atoms with Gasteiger partial charge in [-0.2, -0.15) is 10.5 Å². The number of benzene rings is 2. The predicted molar refractivity (Wildman–Crippen MR) is 79.3 cm³/mol. The third-order valence-electron chi connectivity index (χ3n) is 3.50. The van der Waals surface area contributed by atoms with Crippen molar-refractivity contribution < 1.29 is 0 Å². The van der Waals surface area contributed by atoms with Crippen LogP contribution < -0.4 is 0 Å². The highest BCUT2D eigenvalue weighted by molar-refractivity contribution is 5.49. The van der Waals surface area contributed by atoms with Crippen molar-refractivity contribution in [3.8, 4) is 12.1 Å². The smallest absolute Gasteiger partial charge is 0.0991 e. The molecule has 0 spiro atoms. The molecule has 1 unspecified atom stereocenters. The van der Waals surface area contributed by atoms with E-state index in [1.165, 1.54) is 5.56 Å². The zero-order valence-electron chi connectivity index (χ0n) is 11.9. The molecule has 0 saturated heterocycles. The van der Waals surface area contributed by atoms with Crippen molar-refractivity contribution in [1.29, 1.82) is 10.5 Å². The lowest BCUT2D eigenvalue weighted by atomic mass is 9.85. The third-order valence-corrected chi connectivity index (χ3v) is 3.50. The molecule has 0 fully saturated rings. The van der Waals surface area contributed by atoms with E-state index in [1.54, 1.807) is 12.1 Å². The molecular weight excluding hydrogens is 244 g/mol. The Kier molecular flexibility index (Phi) is 3.87. The maximum atomic E-state index is 9.58. The number of rotatable bonds is 2. The van der Waals surface area contributed by atoms with Gasteiger partial charge in [-0.05, 0) is 55.2 Å². The molecule has 0 aromatic heterocycles. The van der Waals surface area contributed by atoms with Gasteiger partial charge in [0.2, 0.25) is 0 Å². The van der Waals surface area contributed by atoms with E-state index >= 15 is 0 Å². The van der Waals surface area contributed by atoms with Crippen molar-refractivity contribution >= 4 is 0 Å². The van der Waals surface area contributed by atoms with Crippen molar-refractivity contribution in [2.45, 2.75) is 26.7 Å². The molecule has 0 N–H and O–H groups in total. The lowest BCUT2D eigenvalue weighted by Gasteiger charge is -2.17. The van der Waals surface area contributed by atoms with Crippen LogP contribution in [0.25, 0.3) is 0 Å². The van der Waals surface area contributed by atoms with Gasteiger partial charge in [-0.3, -0.25) is 0 Å². The van der Waals surface area contributed by atoms with Crippen LogP contribution >= 0.6 is 0 Å². The molecule has 2 rings (SSSR count). The Morgan fingerprint density at radius 1 is 0.950 bits per heavy atom. The molecule has 0 bridgehead atoms. The first-order valence-corrected chi connectivity index (χ1v) is 6.54. The van der Waals surface area contributed by atoms with Gasteiger partial charge in [-0.1, -0.05) is 29.8 Å². The average Bonchev–Trinajstić information content (AvgIpc) is 2.42. The molecular formula is C18H16N2. The molecule has 0 aliphatic rings. The molecule has 0 heterocycles. The monoisotopic (exact) mass is 260 g/mol. The molecule has 98 valence electrons. The van der Waals surface area contributed by atoms with Crippen LogP contribution in [0.5, 0.6) is 0 Å². The summed E-state index contributed by atoms with van der Waals surface area (Å²) in [7, 11) is 0. The minimum absolute atomic E-state index is 0.330. The Labute approximate surface area is 119 Å². The first-order valence-electron chi connectivity index (χ1n) is 6.54. The standard InChI is InChI=1S/C18H16N2/c1-12-7-13(2)18(14(3)8-12)17(11-20)16-6-4-5-15(9-16)10-19/h4-9,17H,1-3H3. The summed E-state index contributed by atoms with van der Waals surface area (Å²) in [6.45, 7) is 6.13. The summed E-state index contributed by atoms with van der Waals surface area (Å²) >= 11 is 0. The van der Waals surface area contributed by atoms with Crippen LogP contribution in [0.4, 0.5) is 0 Å². The van der Waals surface area contributed by atoms with Crippen LogP contribution in [0.3, 0.4) is 0 Å². The fraction of sp³-hybridized carbons (Fsp3) is 0.222. The predicted octanol–water partition coefficient (Wildman–Crippen LogP) is 4.14. The second kappa shape index (κ2) is 5.59. The van der Waals surface area contributed by atoms with E-state index in [9.17, 15) is 5.26 Å². The molecule has 2 heteroatoms. The maximum Gasteiger partial charge on any atom is 0.0991 e. The van der Waals surface area contributed by atoms with Crippen molar-refractivity contribution in [2.24, 2.45) is 0 Å². The molecule has 20 heavy (non-hydrogen) atoms. The van der Waals surface area contributed by atoms with Gasteiger partial charge < -0.3 is 0 Å². The van der Waals surface area contributed by atoms with Crippen molar-refractivity contribution in [2.75, 3.05) is 0 Å². The summed E-state index contributed by atoms with van der Waals surface area (Å²) in [6.07, 6.45) is 0. The van der Waals surface area contributed by atoms with Gasteiger partial charge in [0.05, 0.1) is 23.6 Å². The van der Waals surface area contributed by atoms with E-state index in [2.05, 4.69) is 31.2 Å². The van der Waals surface area contributed by atoms with Crippen LogP contribution in [0.15, 0.2) is 36.4 Å². The van der Waals surface area contributed by atoms with E-state index in [-0.39, 0.29) is 5.92 Å². The molecule has 2 aromatic rings. The average molecular weight is 260 g/mol. The minimum Gasteiger partial charge on any atom is -0.197 e. The quantitative estimate of drug-likeness (QED) is 0.814. The number of nitriles is 2. The lowest BCUT2D eigenvalue weighted by Crippen LogP contribution is -2.04. The van der Waals surface area contributed by atoms with Crippen LogP contribution in [0.1, 0.15) is 39.3 Å². The second-order valence-corrected chi connectivity index (χ2v) is 5.11.